The number of ether oxygens (including phenoxy) is 1. The van der Waals surface area contributed by atoms with Crippen LogP contribution in [0.3, 0.4) is 0 Å². The summed E-state index contributed by atoms with van der Waals surface area (Å²) in [6, 6.07) is 0.740. The summed E-state index contributed by atoms with van der Waals surface area (Å²) in [6.45, 7) is 7.81. The van der Waals surface area contributed by atoms with Crippen LogP contribution in [0.1, 0.15) is 71.6 Å². The van der Waals surface area contributed by atoms with E-state index in [-0.39, 0.29) is 0 Å². The molecule has 3 heteroatoms. The standard InChI is InChI=1S/C17H36BrNO/c1-4-17(5-2)19(15-16-20-3)14-12-10-8-6-7-9-11-13-18/h17H,4-16H2,1-3H3. The summed E-state index contributed by atoms with van der Waals surface area (Å²) in [5.74, 6) is 0. The fourth-order valence-electron chi connectivity index (χ4n) is 2.78. The van der Waals surface area contributed by atoms with Crippen LogP contribution >= 0.6 is 15.9 Å². The van der Waals surface area contributed by atoms with E-state index in [9.17, 15) is 0 Å². The van der Waals surface area contributed by atoms with Gasteiger partial charge in [0.15, 0.2) is 0 Å². The van der Waals surface area contributed by atoms with Crippen LogP contribution in [0.25, 0.3) is 0 Å². The van der Waals surface area contributed by atoms with Gasteiger partial charge in [-0.3, -0.25) is 4.90 Å². The molecule has 0 aromatic heterocycles. The van der Waals surface area contributed by atoms with E-state index in [1.165, 1.54) is 64.3 Å². The molecule has 0 aliphatic carbocycles. The Morgan fingerprint density at radius 1 is 0.850 bits per heavy atom. The highest BCUT2D eigenvalue weighted by molar-refractivity contribution is 9.09. The van der Waals surface area contributed by atoms with Gasteiger partial charge in [-0.2, -0.15) is 0 Å². The maximum absolute atomic E-state index is 5.25. The molecule has 0 atom stereocenters. The molecule has 20 heavy (non-hydrogen) atoms. The summed E-state index contributed by atoms with van der Waals surface area (Å²) in [4.78, 5) is 2.63. The van der Waals surface area contributed by atoms with Crippen molar-refractivity contribution in [1.29, 1.82) is 0 Å². The first-order valence-corrected chi connectivity index (χ1v) is 9.71. The second-order valence-corrected chi connectivity index (χ2v) is 6.46. The second kappa shape index (κ2) is 15.8. The van der Waals surface area contributed by atoms with Crippen LogP contribution in [-0.4, -0.2) is 43.1 Å². The SMILES string of the molecule is CCC(CC)N(CCCCCCCCCBr)CCOC. The number of halogens is 1. The Morgan fingerprint density at radius 3 is 1.90 bits per heavy atom. The molecule has 0 saturated carbocycles. The van der Waals surface area contributed by atoms with E-state index in [2.05, 4.69) is 34.7 Å². The lowest BCUT2D eigenvalue weighted by Gasteiger charge is -2.30. The monoisotopic (exact) mass is 349 g/mol. The summed E-state index contributed by atoms with van der Waals surface area (Å²) < 4.78 is 5.25. The quantitative estimate of drug-likeness (QED) is 0.295. The second-order valence-electron chi connectivity index (χ2n) is 5.66. The van der Waals surface area contributed by atoms with Crippen LogP contribution in [0.4, 0.5) is 0 Å². The maximum Gasteiger partial charge on any atom is 0.0589 e. The van der Waals surface area contributed by atoms with Gasteiger partial charge >= 0.3 is 0 Å². The first-order valence-electron chi connectivity index (χ1n) is 8.59. The molecule has 122 valence electrons. The van der Waals surface area contributed by atoms with Gasteiger partial charge in [0.05, 0.1) is 6.61 Å². The summed E-state index contributed by atoms with van der Waals surface area (Å²) in [6.07, 6.45) is 12.2. The van der Waals surface area contributed by atoms with E-state index in [0.717, 1.165) is 24.5 Å². The van der Waals surface area contributed by atoms with Crippen molar-refractivity contribution in [2.24, 2.45) is 0 Å². The van der Waals surface area contributed by atoms with Crippen molar-refractivity contribution in [3.05, 3.63) is 0 Å². The lowest BCUT2D eigenvalue weighted by atomic mass is 10.1. The van der Waals surface area contributed by atoms with Gasteiger partial charge in [-0.15, -0.1) is 0 Å². The number of unbranched alkanes of at least 4 members (excludes halogenated alkanes) is 6. The van der Waals surface area contributed by atoms with Gasteiger partial charge in [0.2, 0.25) is 0 Å². The average Bonchev–Trinajstić information content (AvgIpc) is 2.47. The molecule has 2 nitrogen and oxygen atoms in total. The van der Waals surface area contributed by atoms with Crippen LogP contribution < -0.4 is 0 Å². The zero-order valence-corrected chi connectivity index (χ0v) is 15.6. The Bertz CT molecular complexity index is 186. The zero-order valence-electron chi connectivity index (χ0n) is 14.0. The van der Waals surface area contributed by atoms with E-state index in [0.29, 0.717) is 0 Å². The van der Waals surface area contributed by atoms with Crippen molar-refractivity contribution < 1.29 is 4.74 Å². The Hall–Kier alpha value is 0.400. The minimum absolute atomic E-state index is 0.740. The van der Waals surface area contributed by atoms with Gasteiger partial charge in [-0.05, 0) is 32.2 Å². The van der Waals surface area contributed by atoms with E-state index in [4.69, 9.17) is 4.74 Å². The van der Waals surface area contributed by atoms with Gasteiger partial charge in [-0.25, -0.2) is 0 Å². The molecule has 0 fully saturated rings. The van der Waals surface area contributed by atoms with Crippen LogP contribution in [0.5, 0.6) is 0 Å². The Morgan fingerprint density at radius 2 is 1.40 bits per heavy atom. The van der Waals surface area contributed by atoms with Gasteiger partial charge in [0, 0.05) is 25.0 Å². The highest BCUT2D eigenvalue weighted by atomic mass is 79.9. The highest BCUT2D eigenvalue weighted by Crippen LogP contribution is 2.12. The number of hydrogen-bond acceptors (Lipinski definition) is 2. The van der Waals surface area contributed by atoms with Gasteiger partial charge < -0.3 is 4.74 Å². The Labute approximate surface area is 135 Å². The van der Waals surface area contributed by atoms with E-state index >= 15 is 0 Å². The third kappa shape index (κ3) is 11.1. The molecular weight excluding hydrogens is 314 g/mol. The molecule has 0 spiro atoms. The topological polar surface area (TPSA) is 12.5 Å². The normalized spacial score (nSPS) is 11.7. The number of rotatable bonds is 15. The molecule has 0 unspecified atom stereocenters. The predicted molar refractivity (Wildman–Crippen MR) is 93.9 cm³/mol. The van der Waals surface area contributed by atoms with Crippen LogP contribution in [0, 0.1) is 0 Å². The summed E-state index contributed by atoms with van der Waals surface area (Å²) in [5.41, 5.74) is 0. The lowest BCUT2D eigenvalue weighted by molar-refractivity contribution is 0.113. The number of alkyl halides is 1. The third-order valence-corrected chi connectivity index (χ3v) is 4.68. The fraction of sp³-hybridized carbons (Fsp3) is 1.00. The van der Waals surface area contributed by atoms with E-state index in [1.54, 1.807) is 7.11 Å². The molecule has 0 aliphatic heterocycles. The zero-order chi connectivity index (χ0) is 15.1. The van der Waals surface area contributed by atoms with Crippen LogP contribution in [0.2, 0.25) is 0 Å². The van der Waals surface area contributed by atoms with E-state index < -0.39 is 0 Å². The third-order valence-electron chi connectivity index (χ3n) is 4.12. The molecule has 0 rings (SSSR count). The largest absolute Gasteiger partial charge is 0.383 e. The molecule has 0 aliphatic rings. The Kier molecular flexibility index (Phi) is 16.1. The first kappa shape index (κ1) is 20.4. The molecule has 0 aromatic carbocycles. The van der Waals surface area contributed by atoms with Crippen molar-refractivity contribution in [2.75, 3.05) is 32.1 Å². The molecule has 0 bridgehead atoms. The highest BCUT2D eigenvalue weighted by Gasteiger charge is 2.13. The molecule has 0 radical (unpaired) electrons. The van der Waals surface area contributed by atoms with E-state index in [1.807, 2.05) is 0 Å². The molecule has 0 N–H and O–H groups in total. The summed E-state index contributed by atoms with van der Waals surface area (Å²) in [7, 11) is 1.80. The Balaban J connectivity index is 3.67. The summed E-state index contributed by atoms with van der Waals surface area (Å²) >= 11 is 3.49. The van der Waals surface area contributed by atoms with Crippen molar-refractivity contribution in [2.45, 2.75) is 77.7 Å². The van der Waals surface area contributed by atoms with Crippen molar-refractivity contribution in [3.8, 4) is 0 Å². The summed E-state index contributed by atoms with van der Waals surface area (Å²) in [5, 5.41) is 1.16. The van der Waals surface area contributed by atoms with Crippen LogP contribution in [-0.2, 0) is 4.74 Å². The van der Waals surface area contributed by atoms with Crippen molar-refractivity contribution >= 4 is 15.9 Å². The van der Waals surface area contributed by atoms with Crippen LogP contribution in [0.15, 0.2) is 0 Å². The smallest absolute Gasteiger partial charge is 0.0589 e. The minimum Gasteiger partial charge on any atom is -0.383 e. The fourth-order valence-corrected chi connectivity index (χ4v) is 3.18. The van der Waals surface area contributed by atoms with Gasteiger partial charge in [0.25, 0.3) is 0 Å². The number of hydrogen-bond donors (Lipinski definition) is 0. The van der Waals surface area contributed by atoms with Gasteiger partial charge in [-0.1, -0.05) is 61.9 Å². The molecule has 0 amide bonds. The lowest BCUT2D eigenvalue weighted by Crippen LogP contribution is -2.37. The molecule has 0 heterocycles. The maximum atomic E-state index is 5.25. The molecule has 0 aromatic rings. The number of nitrogens with zero attached hydrogens (tertiary/aromatic N) is 1. The average molecular weight is 350 g/mol. The number of methoxy groups -OCH3 is 1. The van der Waals surface area contributed by atoms with Crippen molar-refractivity contribution in [3.63, 3.8) is 0 Å². The predicted octanol–water partition coefficient (Wildman–Crippen LogP) is 5.25. The van der Waals surface area contributed by atoms with Gasteiger partial charge in [0.1, 0.15) is 0 Å². The first-order chi connectivity index (χ1) is 9.79. The molecular formula is C17H36BrNO. The minimum atomic E-state index is 0.740. The van der Waals surface area contributed by atoms with Crippen molar-refractivity contribution in [1.82, 2.24) is 4.90 Å². The molecule has 0 saturated heterocycles.